The highest BCUT2D eigenvalue weighted by molar-refractivity contribution is 6.05. The van der Waals surface area contributed by atoms with Gasteiger partial charge in [0.2, 0.25) is 0 Å². The van der Waals surface area contributed by atoms with Crippen molar-refractivity contribution in [1.82, 2.24) is 16.2 Å². The number of fused-ring (bicyclic) bond motifs is 1. The Morgan fingerprint density at radius 3 is 2.43 bits per heavy atom. The van der Waals surface area contributed by atoms with Crippen LogP contribution in [0.3, 0.4) is 0 Å². The number of anilines is 1. The number of rotatable bonds is 5. The number of para-hydroxylation sites is 1. The van der Waals surface area contributed by atoms with Gasteiger partial charge in [0, 0.05) is 34.8 Å². The maximum absolute atomic E-state index is 13.4. The van der Waals surface area contributed by atoms with E-state index in [1.165, 1.54) is 0 Å². The van der Waals surface area contributed by atoms with E-state index >= 15 is 0 Å². The second-order valence-electron chi connectivity index (χ2n) is 7.73. The van der Waals surface area contributed by atoms with Crippen molar-refractivity contribution in [2.45, 2.75) is 32.0 Å². The van der Waals surface area contributed by atoms with Crippen molar-refractivity contribution in [2.75, 3.05) is 19.5 Å². The monoisotopic (exact) mass is 408 g/mol. The molecule has 0 radical (unpaired) electrons. The van der Waals surface area contributed by atoms with Gasteiger partial charge in [-0.2, -0.15) is 0 Å². The molecule has 1 fully saturated rings. The van der Waals surface area contributed by atoms with Gasteiger partial charge in [-0.15, -0.1) is 0 Å². The van der Waals surface area contributed by atoms with Gasteiger partial charge < -0.3 is 20.1 Å². The number of hydrogen-bond acceptors (Lipinski definition) is 6. The number of allylic oxidation sites excluding steroid dienone is 1. The predicted molar refractivity (Wildman–Crippen MR) is 116 cm³/mol. The van der Waals surface area contributed by atoms with Crippen LogP contribution < -0.4 is 31.0 Å². The molecule has 0 saturated carbocycles. The summed E-state index contributed by atoms with van der Waals surface area (Å²) in [4.78, 5) is 13.4. The Morgan fingerprint density at radius 2 is 1.73 bits per heavy atom. The van der Waals surface area contributed by atoms with Crippen LogP contribution in [0.4, 0.5) is 5.69 Å². The Kier molecular flexibility index (Phi) is 5.65. The molecule has 1 amide bonds. The van der Waals surface area contributed by atoms with E-state index in [9.17, 15) is 4.79 Å². The molecule has 0 bridgehead atoms. The van der Waals surface area contributed by atoms with Gasteiger partial charge in [0.25, 0.3) is 5.91 Å². The number of carbonyl (C=O) groups excluding carboxylic acids is 1. The van der Waals surface area contributed by atoms with E-state index in [0.29, 0.717) is 11.5 Å². The Balaban J connectivity index is 1.78. The van der Waals surface area contributed by atoms with Crippen molar-refractivity contribution in [3.8, 4) is 11.5 Å². The Morgan fingerprint density at radius 1 is 1.00 bits per heavy atom. The molecule has 4 N–H and O–H groups in total. The average Bonchev–Trinajstić information content (AvgIpc) is 3.12. The fraction of sp³-hybridized carbons (Fsp3) is 0.348. The molecule has 158 valence electrons. The van der Waals surface area contributed by atoms with Gasteiger partial charge >= 0.3 is 0 Å². The number of ether oxygens (including phenoxy) is 2. The highest BCUT2D eigenvalue weighted by Crippen LogP contribution is 2.44. The second-order valence-corrected chi connectivity index (χ2v) is 7.73. The van der Waals surface area contributed by atoms with Crippen LogP contribution >= 0.6 is 0 Å². The normalized spacial score (nSPS) is 25.3. The highest BCUT2D eigenvalue weighted by atomic mass is 16.5. The molecular formula is C23H28N4O3. The second kappa shape index (κ2) is 8.38. The molecule has 2 aromatic carbocycles. The zero-order valence-electron chi connectivity index (χ0n) is 17.7. The van der Waals surface area contributed by atoms with Crippen LogP contribution in [0, 0.1) is 5.92 Å². The van der Waals surface area contributed by atoms with Crippen LogP contribution in [0.5, 0.6) is 11.5 Å². The van der Waals surface area contributed by atoms with Gasteiger partial charge in [-0.1, -0.05) is 24.3 Å². The number of hydrazine groups is 1. The molecule has 0 aliphatic carbocycles. The van der Waals surface area contributed by atoms with E-state index in [1.54, 1.807) is 14.2 Å². The Bertz CT molecular complexity index is 960. The minimum atomic E-state index is -0.128. The van der Waals surface area contributed by atoms with Crippen LogP contribution in [0.15, 0.2) is 59.8 Å². The molecule has 0 aromatic heterocycles. The average molecular weight is 409 g/mol. The van der Waals surface area contributed by atoms with Gasteiger partial charge in [-0.05, 0) is 43.7 Å². The minimum absolute atomic E-state index is 0.0198. The Hall–Kier alpha value is -3.03. The summed E-state index contributed by atoms with van der Waals surface area (Å²) in [6, 6.07) is 15.6. The largest absolute Gasteiger partial charge is 0.493 e. The summed E-state index contributed by atoms with van der Waals surface area (Å²) in [5, 5.41) is 6.52. The van der Waals surface area contributed by atoms with Crippen molar-refractivity contribution in [3.05, 3.63) is 65.4 Å². The zero-order chi connectivity index (χ0) is 21.3. The molecule has 2 heterocycles. The molecule has 2 aliphatic rings. The first kappa shape index (κ1) is 20.3. The van der Waals surface area contributed by atoms with Gasteiger partial charge in [0.05, 0.1) is 20.4 Å². The summed E-state index contributed by atoms with van der Waals surface area (Å²) in [6.07, 6.45) is 0.0198. The van der Waals surface area contributed by atoms with Crippen LogP contribution in [0.1, 0.15) is 25.3 Å². The van der Waals surface area contributed by atoms with Crippen molar-refractivity contribution < 1.29 is 14.3 Å². The van der Waals surface area contributed by atoms with Crippen LogP contribution in [0.2, 0.25) is 0 Å². The van der Waals surface area contributed by atoms with E-state index < -0.39 is 0 Å². The molecule has 2 aromatic rings. The third-order valence-corrected chi connectivity index (χ3v) is 5.94. The van der Waals surface area contributed by atoms with E-state index in [4.69, 9.17) is 9.47 Å². The lowest BCUT2D eigenvalue weighted by molar-refractivity contribution is -0.113. The summed E-state index contributed by atoms with van der Waals surface area (Å²) in [5.74, 6) is 1.21. The molecule has 4 unspecified atom stereocenters. The third kappa shape index (κ3) is 3.62. The van der Waals surface area contributed by atoms with E-state index in [2.05, 4.69) is 28.4 Å². The van der Waals surface area contributed by atoms with Gasteiger partial charge in [0.1, 0.15) is 0 Å². The lowest BCUT2D eigenvalue weighted by atomic mass is 9.73. The number of carbonyl (C=O) groups is 1. The van der Waals surface area contributed by atoms with Crippen molar-refractivity contribution in [2.24, 2.45) is 5.92 Å². The van der Waals surface area contributed by atoms with E-state index in [1.807, 2.05) is 55.5 Å². The maximum Gasteiger partial charge on any atom is 0.253 e. The van der Waals surface area contributed by atoms with E-state index in [-0.39, 0.29) is 30.0 Å². The summed E-state index contributed by atoms with van der Waals surface area (Å²) in [7, 11) is 3.24. The van der Waals surface area contributed by atoms with Gasteiger partial charge in [-0.3, -0.25) is 10.2 Å². The summed E-state index contributed by atoms with van der Waals surface area (Å²) >= 11 is 0. The van der Waals surface area contributed by atoms with Gasteiger partial charge in [0.15, 0.2) is 11.5 Å². The summed E-state index contributed by atoms with van der Waals surface area (Å²) in [6.45, 7) is 4.08. The number of nitrogens with one attached hydrogen (secondary N) is 4. The fourth-order valence-electron chi connectivity index (χ4n) is 4.52. The molecule has 7 nitrogen and oxygen atoms in total. The minimum Gasteiger partial charge on any atom is -0.493 e. The molecule has 2 aliphatic heterocycles. The molecule has 4 atom stereocenters. The first-order valence-corrected chi connectivity index (χ1v) is 10.1. The first-order valence-electron chi connectivity index (χ1n) is 10.1. The number of hydrogen-bond donors (Lipinski definition) is 4. The molecule has 0 spiro atoms. The highest BCUT2D eigenvalue weighted by Gasteiger charge is 2.46. The summed E-state index contributed by atoms with van der Waals surface area (Å²) in [5.41, 5.74) is 10.00. The molecule has 4 rings (SSSR count). The molecular weight excluding hydrogens is 380 g/mol. The molecule has 30 heavy (non-hydrogen) atoms. The number of amides is 1. The first-order chi connectivity index (χ1) is 14.5. The Labute approximate surface area is 176 Å². The fourth-order valence-corrected chi connectivity index (χ4v) is 4.52. The summed E-state index contributed by atoms with van der Waals surface area (Å²) < 4.78 is 10.9. The van der Waals surface area contributed by atoms with Crippen molar-refractivity contribution in [1.29, 1.82) is 0 Å². The lowest BCUT2D eigenvalue weighted by Gasteiger charge is -2.38. The predicted octanol–water partition coefficient (Wildman–Crippen LogP) is 2.74. The van der Waals surface area contributed by atoms with Crippen molar-refractivity contribution in [3.63, 3.8) is 0 Å². The smallest absolute Gasteiger partial charge is 0.253 e. The number of methoxy groups -OCH3 is 2. The van der Waals surface area contributed by atoms with Gasteiger partial charge in [-0.25, -0.2) is 5.43 Å². The zero-order valence-corrected chi connectivity index (χ0v) is 17.7. The molecule has 1 saturated heterocycles. The topological polar surface area (TPSA) is 83.7 Å². The maximum atomic E-state index is 13.4. The van der Waals surface area contributed by atoms with Crippen LogP contribution in [-0.4, -0.2) is 32.3 Å². The number of benzene rings is 2. The van der Waals surface area contributed by atoms with Crippen LogP contribution in [-0.2, 0) is 4.79 Å². The standard InChI is InChI=1S/C23H28N4O3/c1-13-20(23(28)25-16-8-6-5-7-9-16)21(19-14(2)26-27-22(19)24-13)15-10-11-17(29-3)18(12-15)30-4/h5-12,14,19,21-22,24,26-27H,1-4H3,(H,25,28). The lowest BCUT2D eigenvalue weighted by Crippen LogP contribution is -2.49. The van der Waals surface area contributed by atoms with Crippen LogP contribution in [0.25, 0.3) is 0 Å². The quantitative estimate of drug-likeness (QED) is 0.609. The SMILES string of the molecule is COc1ccc(C2C(C(=O)Nc3ccccc3)=C(C)NC3NNC(C)C32)cc1OC. The third-order valence-electron chi connectivity index (χ3n) is 5.94. The molecule has 7 heteroatoms. The van der Waals surface area contributed by atoms with E-state index in [0.717, 1.165) is 22.5 Å². The van der Waals surface area contributed by atoms with Crippen molar-refractivity contribution >= 4 is 11.6 Å².